The van der Waals surface area contributed by atoms with Crippen molar-refractivity contribution in [2.24, 2.45) is 11.8 Å². The van der Waals surface area contributed by atoms with Crippen LogP contribution >= 0.6 is 0 Å². The van der Waals surface area contributed by atoms with Gasteiger partial charge in [0.2, 0.25) is 0 Å². The molecule has 1 N–H and O–H groups in total. The van der Waals surface area contributed by atoms with Gasteiger partial charge in [-0.25, -0.2) is 0 Å². The van der Waals surface area contributed by atoms with E-state index in [0.29, 0.717) is 0 Å². The van der Waals surface area contributed by atoms with Crippen LogP contribution in [0.25, 0.3) is 44.3 Å². The van der Waals surface area contributed by atoms with Crippen molar-refractivity contribution in [3.63, 3.8) is 0 Å². The molecule has 3 nitrogen and oxygen atoms in total. The number of hydrogen-bond acceptors (Lipinski definition) is 3. The van der Waals surface area contributed by atoms with Gasteiger partial charge in [-0.2, -0.15) is 0 Å². The average molecular weight is 843 g/mol. The molecule has 0 spiro atoms. The predicted octanol–water partition coefficient (Wildman–Crippen LogP) is 12.3. The van der Waals surface area contributed by atoms with Gasteiger partial charge in [0.1, 0.15) is 0 Å². The van der Waals surface area contributed by atoms with E-state index in [2.05, 4.69) is 118 Å². The van der Waals surface area contributed by atoms with Crippen LogP contribution in [0.2, 0.25) is 0 Å². The van der Waals surface area contributed by atoms with Crippen molar-refractivity contribution in [2.45, 2.75) is 92.4 Å². The van der Waals surface area contributed by atoms with Crippen molar-refractivity contribution < 1.29 is 30.0 Å². The Bertz CT molecular complexity index is 1930. The second-order valence-corrected chi connectivity index (χ2v) is 14.4. The van der Waals surface area contributed by atoms with Crippen molar-refractivity contribution in [1.29, 1.82) is 0 Å². The first-order chi connectivity index (χ1) is 23.6. The molecule has 1 aliphatic carbocycles. The molecule has 0 unspecified atom stereocenters. The van der Waals surface area contributed by atoms with E-state index in [1.807, 2.05) is 27.7 Å². The molecule has 0 amide bonds. The maximum absolute atomic E-state index is 11.7. The second kappa shape index (κ2) is 17.4. The zero-order chi connectivity index (χ0) is 35.1. The molecule has 4 heteroatoms. The Hall–Kier alpha value is -3.85. The van der Waals surface area contributed by atoms with E-state index in [0.717, 1.165) is 55.2 Å². The van der Waals surface area contributed by atoms with E-state index in [1.54, 1.807) is 0 Å². The summed E-state index contributed by atoms with van der Waals surface area (Å²) in [5.74, 6) is 0.547. The van der Waals surface area contributed by atoms with Gasteiger partial charge in [0.05, 0.1) is 5.76 Å². The molecule has 1 aromatic heterocycles. The summed E-state index contributed by atoms with van der Waals surface area (Å²) in [7, 11) is 0. The molecule has 5 aromatic rings. The number of aryl methyl sites for hydroxylation is 2. The van der Waals surface area contributed by atoms with Crippen LogP contribution in [0.5, 0.6) is 0 Å². The summed E-state index contributed by atoms with van der Waals surface area (Å²) < 4.78 is 0. The van der Waals surface area contributed by atoms with Gasteiger partial charge in [-0.1, -0.05) is 132 Å². The van der Waals surface area contributed by atoms with E-state index >= 15 is 0 Å². The minimum Gasteiger partial charge on any atom is -0.512 e. The van der Waals surface area contributed by atoms with Crippen LogP contribution in [0.15, 0.2) is 103 Å². The molecule has 0 saturated heterocycles. The van der Waals surface area contributed by atoms with E-state index in [4.69, 9.17) is 4.98 Å². The molecule has 0 bridgehead atoms. The van der Waals surface area contributed by atoms with Crippen molar-refractivity contribution in [3.8, 4) is 33.5 Å². The summed E-state index contributed by atoms with van der Waals surface area (Å²) in [4.78, 5) is 16.6. The maximum Gasteiger partial charge on any atom is 0.162 e. The number of aliphatic hydroxyl groups excluding tert-OH is 1. The summed E-state index contributed by atoms with van der Waals surface area (Å²) in [6.07, 6.45) is 9.07. The summed E-state index contributed by atoms with van der Waals surface area (Å²) in [5.41, 5.74) is 11.4. The first-order valence-electron chi connectivity index (χ1n) is 18.2. The van der Waals surface area contributed by atoms with Gasteiger partial charge in [-0.05, 0) is 77.3 Å². The molecule has 4 aromatic carbocycles. The first kappa shape index (κ1) is 38.9. The molecule has 50 heavy (non-hydrogen) atoms. The van der Waals surface area contributed by atoms with Gasteiger partial charge < -0.3 is 5.11 Å². The Kier molecular flexibility index (Phi) is 13.5. The Morgan fingerprint density at radius 1 is 0.780 bits per heavy atom. The number of carbonyl (C=O) groups is 1. The molecule has 0 saturated carbocycles. The molecule has 263 valence electrons. The zero-order valence-corrected chi connectivity index (χ0v) is 33.2. The van der Waals surface area contributed by atoms with E-state index in [9.17, 15) is 9.90 Å². The van der Waals surface area contributed by atoms with Crippen LogP contribution in [0.3, 0.4) is 0 Å². The predicted molar refractivity (Wildman–Crippen MR) is 207 cm³/mol. The van der Waals surface area contributed by atoms with Gasteiger partial charge in [0.25, 0.3) is 0 Å². The average Bonchev–Trinajstić information content (AvgIpc) is 3.12. The molecule has 0 aliphatic heterocycles. The number of carbonyl (C=O) groups excluding carboxylic acids is 1. The molecule has 0 fully saturated rings. The number of aromatic nitrogens is 1. The summed E-state index contributed by atoms with van der Waals surface area (Å²) >= 11 is 0. The third kappa shape index (κ3) is 8.89. The summed E-state index contributed by atoms with van der Waals surface area (Å²) in [6.45, 7) is 14.9. The van der Waals surface area contributed by atoms with Gasteiger partial charge in [-0.3, -0.25) is 9.78 Å². The number of hydrogen-bond donors (Lipinski definition) is 1. The quantitative estimate of drug-likeness (QED) is 0.0914. The molecule has 0 atom stereocenters. The summed E-state index contributed by atoms with van der Waals surface area (Å²) in [6, 6.07) is 34.4. The summed E-state index contributed by atoms with van der Waals surface area (Å²) in [5, 5.41) is 12.2. The normalized spacial score (nSPS) is 12.5. The van der Waals surface area contributed by atoms with Crippen LogP contribution in [0.1, 0.15) is 90.8 Å². The fourth-order valence-electron chi connectivity index (χ4n) is 6.99. The standard InChI is InChI=1S/C33H28N.C13H24O2.Ir/c1-33(2,3)31-19-27(18-24-11-7-8-12-29(24)31)32-20-30-26(21-34-32)14-13-25-17-23(15-16-28(25)30)22-9-5-4-6-10-22;1-5-10(6-2)12(14)9-13(15)11(7-3)8-4;/h4-12,15-17,19-21H,13-14H2,1-3H3;9-11,14H,5-8H2,1-4H3;/q-1;;/b;12-9-;. The van der Waals surface area contributed by atoms with Crippen LogP contribution in [0.4, 0.5) is 0 Å². The number of ketones is 1. The fourth-order valence-corrected chi connectivity index (χ4v) is 6.99. The van der Waals surface area contributed by atoms with Crippen molar-refractivity contribution in [3.05, 3.63) is 126 Å². The Balaban J connectivity index is 0.000000301. The molecular weight excluding hydrogens is 791 g/mol. The minimum absolute atomic E-state index is 0. The molecule has 1 radical (unpaired) electrons. The van der Waals surface area contributed by atoms with Crippen molar-refractivity contribution >= 4 is 16.6 Å². The number of nitrogens with zero attached hydrogens (tertiary/aromatic N) is 1. The zero-order valence-electron chi connectivity index (χ0n) is 30.8. The van der Waals surface area contributed by atoms with Gasteiger partial charge in [-0.15, -0.1) is 29.1 Å². The van der Waals surface area contributed by atoms with Crippen LogP contribution in [-0.4, -0.2) is 15.9 Å². The largest absolute Gasteiger partial charge is 0.512 e. The Morgan fingerprint density at radius 2 is 1.42 bits per heavy atom. The van der Waals surface area contributed by atoms with E-state index < -0.39 is 0 Å². The number of rotatable bonds is 9. The Morgan fingerprint density at radius 3 is 2.08 bits per heavy atom. The number of aliphatic hydroxyl groups is 1. The molecule has 1 heterocycles. The number of fused-ring (bicyclic) bond motifs is 4. The van der Waals surface area contributed by atoms with E-state index in [-0.39, 0.29) is 48.9 Å². The maximum atomic E-state index is 11.7. The van der Waals surface area contributed by atoms with Crippen molar-refractivity contribution in [2.75, 3.05) is 0 Å². The van der Waals surface area contributed by atoms with Crippen LogP contribution < -0.4 is 0 Å². The third-order valence-electron chi connectivity index (χ3n) is 10.1. The monoisotopic (exact) mass is 843 g/mol. The van der Waals surface area contributed by atoms with Crippen molar-refractivity contribution in [1.82, 2.24) is 4.98 Å². The molecule has 1 aliphatic rings. The van der Waals surface area contributed by atoms with E-state index in [1.165, 1.54) is 50.4 Å². The van der Waals surface area contributed by atoms with Crippen LogP contribution in [-0.2, 0) is 43.2 Å². The Labute approximate surface area is 313 Å². The third-order valence-corrected chi connectivity index (χ3v) is 10.1. The van der Waals surface area contributed by atoms with Gasteiger partial charge in [0, 0.05) is 49.9 Å². The minimum atomic E-state index is 0. The van der Waals surface area contributed by atoms with Gasteiger partial charge >= 0.3 is 0 Å². The topological polar surface area (TPSA) is 50.2 Å². The smallest absolute Gasteiger partial charge is 0.162 e. The fraction of sp³-hybridized carbons (Fsp3) is 0.348. The number of pyridine rings is 1. The number of benzene rings is 4. The van der Waals surface area contributed by atoms with Crippen LogP contribution in [0, 0.1) is 17.9 Å². The molecular formula is C46H52IrNO2-. The second-order valence-electron chi connectivity index (χ2n) is 14.4. The van der Waals surface area contributed by atoms with Gasteiger partial charge in [0.15, 0.2) is 5.78 Å². The SMILES string of the molecule is CC(C)(C)c1cc(-c2cc3c(cn2)CCc2cc(-c4ccccc4)ccc2-3)[c-]c2ccccc12.CCC(CC)C(=O)/C=C(\O)C(CC)CC.[Ir]. The molecule has 6 rings (SSSR count). The number of allylic oxidation sites excluding steroid dienone is 2. The first-order valence-corrected chi connectivity index (χ1v) is 18.2.